The van der Waals surface area contributed by atoms with E-state index < -0.39 is 16.1 Å². The van der Waals surface area contributed by atoms with Crippen LogP contribution in [0.3, 0.4) is 0 Å². The Kier molecular flexibility index (Phi) is 5.69. The molecule has 0 saturated heterocycles. The van der Waals surface area contributed by atoms with Gasteiger partial charge in [0.15, 0.2) is 0 Å². The largest absolute Gasteiger partial charge is 0.335 e. The second-order valence-electron chi connectivity index (χ2n) is 4.73. The lowest BCUT2D eigenvalue weighted by Crippen LogP contribution is -2.32. The molecule has 0 atom stereocenters. The van der Waals surface area contributed by atoms with E-state index in [2.05, 4.69) is 15.6 Å². The molecule has 2 N–H and O–H groups in total. The summed E-state index contributed by atoms with van der Waals surface area (Å²) in [5.74, 6) is 0. The number of rotatable bonds is 6. The van der Waals surface area contributed by atoms with Crippen LogP contribution in [0.5, 0.6) is 0 Å². The monoisotopic (exact) mass is 355 g/mol. The Balaban J connectivity index is 1.77. The van der Waals surface area contributed by atoms with Crippen LogP contribution in [0.25, 0.3) is 0 Å². The van der Waals surface area contributed by atoms with Gasteiger partial charge in [-0.1, -0.05) is 6.07 Å². The van der Waals surface area contributed by atoms with E-state index in [9.17, 15) is 13.2 Å². The van der Waals surface area contributed by atoms with E-state index in [-0.39, 0.29) is 17.4 Å². The molecule has 2 heterocycles. The number of hydrogen-bond acceptors (Lipinski definition) is 6. The molecule has 0 unspecified atom stereocenters. The van der Waals surface area contributed by atoms with E-state index in [1.165, 1.54) is 6.07 Å². The number of nitrogens with one attached hydrogen (secondary N) is 2. The molecule has 23 heavy (non-hydrogen) atoms. The maximum atomic E-state index is 11.8. The average molecular weight is 355 g/mol. The minimum absolute atomic E-state index is 0.0689. The number of thiophene rings is 1. The number of pyridine rings is 1. The van der Waals surface area contributed by atoms with Gasteiger partial charge in [-0.2, -0.15) is 8.42 Å². The molecule has 0 radical (unpaired) electrons. The Morgan fingerprint density at radius 1 is 1.30 bits per heavy atom. The second kappa shape index (κ2) is 7.53. The molecular formula is C14H17N3O4S2. The van der Waals surface area contributed by atoms with E-state index in [1.807, 2.05) is 13.8 Å². The third-order valence-corrected chi connectivity index (χ3v) is 5.38. The van der Waals surface area contributed by atoms with Crippen LogP contribution < -0.4 is 10.6 Å². The van der Waals surface area contributed by atoms with E-state index in [0.29, 0.717) is 5.69 Å². The zero-order valence-electron chi connectivity index (χ0n) is 12.7. The van der Waals surface area contributed by atoms with Gasteiger partial charge in [-0.15, -0.1) is 11.3 Å². The number of carbonyl (C=O) groups excluding carboxylic acids is 1. The molecule has 2 aromatic heterocycles. The first-order chi connectivity index (χ1) is 10.9. The fraction of sp³-hybridized carbons (Fsp3) is 0.286. The summed E-state index contributed by atoms with van der Waals surface area (Å²) in [6, 6.07) is 6.14. The highest BCUT2D eigenvalue weighted by Crippen LogP contribution is 2.17. The highest BCUT2D eigenvalue weighted by molar-refractivity contribution is 7.89. The van der Waals surface area contributed by atoms with Crippen LogP contribution >= 0.6 is 11.3 Å². The predicted molar refractivity (Wildman–Crippen MR) is 88.2 cm³/mol. The topological polar surface area (TPSA) is 97.4 Å². The first-order valence-electron chi connectivity index (χ1n) is 6.80. The standard InChI is InChI=1S/C14H17N3O4S2/c1-10-8-12(9-11(2)16-10)17-14(18)15-5-6-21-23(19,20)13-4-3-7-22-13/h3-4,7-9H,5-6H2,1-2H3,(H2,15,16,17,18). The number of urea groups is 1. The molecule has 0 aliphatic heterocycles. The van der Waals surface area contributed by atoms with E-state index in [0.717, 1.165) is 22.7 Å². The molecule has 0 spiro atoms. The number of aromatic nitrogens is 1. The highest BCUT2D eigenvalue weighted by Gasteiger charge is 2.15. The summed E-state index contributed by atoms with van der Waals surface area (Å²) < 4.78 is 28.5. The lowest BCUT2D eigenvalue weighted by atomic mass is 10.3. The average Bonchev–Trinajstić information content (AvgIpc) is 2.97. The lowest BCUT2D eigenvalue weighted by Gasteiger charge is -2.09. The summed E-state index contributed by atoms with van der Waals surface area (Å²) >= 11 is 1.08. The van der Waals surface area contributed by atoms with Gasteiger partial charge in [0.2, 0.25) is 0 Å². The van der Waals surface area contributed by atoms with Crippen molar-refractivity contribution in [3.63, 3.8) is 0 Å². The molecule has 2 aromatic rings. The molecule has 2 rings (SSSR count). The third kappa shape index (κ3) is 5.31. The lowest BCUT2D eigenvalue weighted by molar-refractivity contribution is 0.247. The molecule has 7 nitrogen and oxygen atoms in total. The number of carbonyl (C=O) groups is 1. The van der Waals surface area contributed by atoms with Gasteiger partial charge < -0.3 is 10.6 Å². The van der Waals surface area contributed by atoms with E-state index >= 15 is 0 Å². The van der Waals surface area contributed by atoms with Crippen LogP contribution in [0.2, 0.25) is 0 Å². The van der Waals surface area contributed by atoms with Crippen molar-refractivity contribution in [2.75, 3.05) is 18.5 Å². The first kappa shape index (κ1) is 17.4. The van der Waals surface area contributed by atoms with Crippen molar-refractivity contribution in [3.8, 4) is 0 Å². The van der Waals surface area contributed by atoms with Crippen molar-refractivity contribution in [3.05, 3.63) is 41.0 Å². The number of hydrogen-bond donors (Lipinski definition) is 2. The minimum atomic E-state index is -3.75. The number of anilines is 1. The normalized spacial score (nSPS) is 11.2. The molecule has 0 bridgehead atoms. The predicted octanol–water partition coefficient (Wildman–Crippen LogP) is 2.29. The molecule has 0 aromatic carbocycles. The van der Waals surface area contributed by atoms with Crippen LogP contribution in [-0.4, -0.2) is 32.6 Å². The molecule has 0 fully saturated rings. The Labute approximate surface area is 138 Å². The van der Waals surface area contributed by atoms with Gasteiger partial charge >= 0.3 is 16.1 Å². The molecule has 0 aliphatic rings. The zero-order chi connectivity index (χ0) is 16.9. The third-order valence-electron chi connectivity index (χ3n) is 2.71. The second-order valence-corrected chi connectivity index (χ2v) is 7.52. The van der Waals surface area contributed by atoms with Crippen molar-refractivity contribution in [1.29, 1.82) is 0 Å². The summed E-state index contributed by atoms with van der Waals surface area (Å²) in [5, 5.41) is 6.84. The molecule has 0 aliphatic carbocycles. The van der Waals surface area contributed by atoms with Gasteiger partial charge in [-0.05, 0) is 37.4 Å². The van der Waals surface area contributed by atoms with Crippen LogP contribution in [0.15, 0.2) is 33.9 Å². The molecule has 9 heteroatoms. The molecule has 0 saturated carbocycles. The smallest absolute Gasteiger partial charge is 0.319 e. The van der Waals surface area contributed by atoms with Crippen LogP contribution in [-0.2, 0) is 14.3 Å². The SMILES string of the molecule is Cc1cc(NC(=O)NCCOS(=O)(=O)c2cccs2)cc(C)n1. The fourth-order valence-electron chi connectivity index (χ4n) is 1.86. The maximum Gasteiger partial charge on any atom is 0.319 e. The highest BCUT2D eigenvalue weighted by atomic mass is 32.3. The summed E-state index contributed by atoms with van der Waals surface area (Å²) in [5.41, 5.74) is 2.22. The van der Waals surface area contributed by atoms with Crippen molar-refractivity contribution in [2.45, 2.75) is 18.1 Å². The minimum Gasteiger partial charge on any atom is -0.335 e. The van der Waals surface area contributed by atoms with Crippen LogP contribution in [0, 0.1) is 13.8 Å². The van der Waals surface area contributed by atoms with Crippen molar-refractivity contribution < 1.29 is 17.4 Å². The first-order valence-corrected chi connectivity index (χ1v) is 9.09. The van der Waals surface area contributed by atoms with Gasteiger partial charge in [0.1, 0.15) is 4.21 Å². The summed E-state index contributed by atoms with van der Waals surface area (Å²) in [6.45, 7) is 3.60. The Hall–Kier alpha value is -1.97. The van der Waals surface area contributed by atoms with Crippen molar-refractivity contribution >= 4 is 33.2 Å². The quantitative estimate of drug-likeness (QED) is 0.612. The van der Waals surface area contributed by atoms with Gasteiger partial charge in [0.05, 0.1) is 6.61 Å². The number of amides is 2. The molecular weight excluding hydrogens is 338 g/mol. The maximum absolute atomic E-state index is 11.8. The number of nitrogens with zero attached hydrogens (tertiary/aromatic N) is 1. The van der Waals surface area contributed by atoms with Gasteiger partial charge in [-0.25, -0.2) is 4.79 Å². The van der Waals surface area contributed by atoms with Crippen LogP contribution in [0.4, 0.5) is 10.5 Å². The van der Waals surface area contributed by atoms with E-state index in [4.69, 9.17) is 4.18 Å². The zero-order valence-corrected chi connectivity index (χ0v) is 14.3. The summed E-state index contributed by atoms with van der Waals surface area (Å²) in [6.07, 6.45) is 0. The summed E-state index contributed by atoms with van der Waals surface area (Å²) in [7, 11) is -3.75. The van der Waals surface area contributed by atoms with Gasteiger partial charge in [0, 0.05) is 23.6 Å². The van der Waals surface area contributed by atoms with Crippen molar-refractivity contribution in [1.82, 2.24) is 10.3 Å². The fourth-order valence-corrected chi connectivity index (χ4v) is 3.76. The Morgan fingerprint density at radius 2 is 2.00 bits per heavy atom. The Bertz CT molecular complexity index is 753. The van der Waals surface area contributed by atoms with Gasteiger partial charge in [0.25, 0.3) is 0 Å². The molecule has 124 valence electrons. The molecule has 2 amide bonds. The summed E-state index contributed by atoms with van der Waals surface area (Å²) in [4.78, 5) is 16.0. The van der Waals surface area contributed by atoms with E-state index in [1.54, 1.807) is 23.6 Å². The Morgan fingerprint density at radius 3 is 2.61 bits per heavy atom. The van der Waals surface area contributed by atoms with Crippen LogP contribution in [0.1, 0.15) is 11.4 Å². The van der Waals surface area contributed by atoms with Crippen molar-refractivity contribution in [2.24, 2.45) is 0 Å². The van der Waals surface area contributed by atoms with Gasteiger partial charge in [-0.3, -0.25) is 9.17 Å². The number of aryl methyl sites for hydroxylation is 2.